The van der Waals surface area contributed by atoms with Gasteiger partial charge in [-0.25, -0.2) is 0 Å². The third kappa shape index (κ3) is 2.44. The number of rotatable bonds is 2. The molecule has 18 heavy (non-hydrogen) atoms. The second-order valence-electron chi connectivity index (χ2n) is 4.40. The molecule has 0 saturated heterocycles. The first-order chi connectivity index (χ1) is 8.43. The minimum absolute atomic E-state index is 0.573. The third-order valence-corrected chi connectivity index (χ3v) is 6.25. The summed E-state index contributed by atoms with van der Waals surface area (Å²) in [7, 11) is 0. The smallest absolute Gasteiger partial charge is 0.115 e. The molecule has 0 aliphatic carbocycles. The molecule has 96 valence electrons. The van der Waals surface area contributed by atoms with Crippen LogP contribution in [0.3, 0.4) is 0 Å². The lowest BCUT2D eigenvalue weighted by atomic mass is 9.95. The van der Waals surface area contributed by atoms with E-state index in [4.69, 9.17) is 0 Å². The highest BCUT2D eigenvalue weighted by molar-refractivity contribution is 9.10. The van der Waals surface area contributed by atoms with Crippen LogP contribution >= 0.6 is 43.2 Å². The first kappa shape index (κ1) is 14.3. The van der Waals surface area contributed by atoms with Crippen LogP contribution in [0.4, 0.5) is 0 Å². The Kier molecular flexibility index (Phi) is 4.32. The van der Waals surface area contributed by atoms with Crippen LogP contribution in [0.25, 0.3) is 0 Å². The highest BCUT2D eigenvalue weighted by atomic mass is 79.9. The van der Waals surface area contributed by atoms with Gasteiger partial charge in [0, 0.05) is 8.95 Å². The Hall–Kier alpha value is -0.160. The molecule has 0 saturated carbocycles. The monoisotopic (exact) mass is 388 g/mol. The summed E-state index contributed by atoms with van der Waals surface area (Å²) in [5.74, 6) is 0. The maximum absolute atomic E-state index is 10.6. The molecule has 0 aliphatic heterocycles. The molecular formula is C14H14Br2OS. The molecule has 1 N–H and O–H groups in total. The minimum Gasteiger partial charge on any atom is -0.383 e. The van der Waals surface area contributed by atoms with Gasteiger partial charge >= 0.3 is 0 Å². The van der Waals surface area contributed by atoms with Crippen LogP contribution in [0, 0.1) is 20.8 Å². The van der Waals surface area contributed by atoms with Gasteiger partial charge in [0.1, 0.15) is 6.10 Å². The van der Waals surface area contributed by atoms with Gasteiger partial charge in [0.05, 0.1) is 4.88 Å². The normalized spacial score (nSPS) is 12.8. The molecule has 2 rings (SSSR count). The van der Waals surface area contributed by atoms with Crippen molar-refractivity contribution in [2.75, 3.05) is 0 Å². The fourth-order valence-corrected chi connectivity index (χ4v) is 4.14. The molecule has 1 nitrogen and oxygen atoms in total. The van der Waals surface area contributed by atoms with E-state index in [1.807, 2.05) is 25.3 Å². The van der Waals surface area contributed by atoms with Crippen molar-refractivity contribution in [3.05, 3.63) is 53.6 Å². The maximum Gasteiger partial charge on any atom is 0.115 e. The van der Waals surface area contributed by atoms with Crippen molar-refractivity contribution < 1.29 is 5.11 Å². The predicted octanol–water partition coefficient (Wildman–Crippen LogP) is 5.28. The lowest BCUT2D eigenvalue weighted by Gasteiger charge is -2.18. The average Bonchev–Trinajstić information content (AvgIpc) is 2.72. The van der Waals surface area contributed by atoms with E-state index in [2.05, 4.69) is 44.8 Å². The highest BCUT2D eigenvalue weighted by Crippen LogP contribution is 2.38. The molecule has 2 aromatic rings. The summed E-state index contributed by atoms with van der Waals surface area (Å²) in [4.78, 5) is 0.956. The Labute approximate surface area is 128 Å². The van der Waals surface area contributed by atoms with Crippen molar-refractivity contribution in [1.29, 1.82) is 0 Å². The molecule has 0 bridgehead atoms. The second-order valence-corrected chi connectivity index (χ2v) is 6.99. The van der Waals surface area contributed by atoms with Gasteiger partial charge in [0.15, 0.2) is 0 Å². The SMILES string of the molecule is Cc1cc(C)c(C(O)c2sccc2Br)c(C)c1Br. The molecular weight excluding hydrogens is 376 g/mol. The summed E-state index contributed by atoms with van der Waals surface area (Å²) in [6.45, 7) is 6.16. The van der Waals surface area contributed by atoms with Crippen LogP contribution in [-0.4, -0.2) is 5.11 Å². The summed E-state index contributed by atoms with van der Waals surface area (Å²) in [5.41, 5.74) is 4.43. The van der Waals surface area contributed by atoms with E-state index in [0.717, 1.165) is 30.5 Å². The minimum atomic E-state index is -0.573. The lowest BCUT2D eigenvalue weighted by Crippen LogP contribution is -2.05. The van der Waals surface area contributed by atoms with Crippen LogP contribution in [-0.2, 0) is 0 Å². The maximum atomic E-state index is 10.6. The Bertz CT molecular complexity index is 590. The third-order valence-electron chi connectivity index (χ3n) is 3.10. The van der Waals surface area contributed by atoms with Crippen LogP contribution in [0.1, 0.15) is 33.2 Å². The van der Waals surface area contributed by atoms with Gasteiger partial charge in [-0.3, -0.25) is 0 Å². The Balaban J connectivity index is 2.59. The van der Waals surface area contributed by atoms with Crippen molar-refractivity contribution in [3.63, 3.8) is 0 Å². The molecule has 1 unspecified atom stereocenters. The molecule has 1 heterocycles. The molecule has 0 spiro atoms. The number of aliphatic hydroxyl groups excluding tert-OH is 1. The zero-order valence-electron chi connectivity index (χ0n) is 10.4. The molecule has 4 heteroatoms. The Morgan fingerprint density at radius 3 is 2.39 bits per heavy atom. The largest absolute Gasteiger partial charge is 0.383 e. The first-order valence-corrected chi connectivity index (χ1v) is 8.07. The van der Waals surface area contributed by atoms with Gasteiger partial charge in [-0.05, 0) is 70.4 Å². The van der Waals surface area contributed by atoms with Gasteiger partial charge < -0.3 is 5.11 Å². The number of aryl methyl sites for hydroxylation is 2. The number of thiophene rings is 1. The predicted molar refractivity (Wildman–Crippen MR) is 84.4 cm³/mol. The topological polar surface area (TPSA) is 20.2 Å². The quantitative estimate of drug-likeness (QED) is 0.740. The van der Waals surface area contributed by atoms with Crippen molar-refractivity contribution >= 4 is 43.2 Å². The van der Waals surface area contributed by atoms with E-state index >= 15 is 0 Å². The standard InChI is InChI=1S/C14H14Br2OS/c1-7-6-8(2)12(16)9(3)11(7)13(17)14-10(15)4-5-18-14/h4-6,13,17H,1-3H3. The lowest BCUT2D eigenvalue weighted by molar-refractivity contribution is 0.222. The molecule has 0 radical (unpaired) electrons. The van der Waals surface area contributed by atoms with Crippen molar-refractivity contribution in [3.8, 4) is 0 Å². The van der Waals surface area contributed by atoms with E-state index in [0.29, 0.717) is 0 Å². The zero-order valence-corrected chi connectivity index (χ0v) is 14.4. The fraction of sp³-hybridized carbons (Fsp3) is 0.286. The van der Waals surface area contributed by atoms with Crippen molar-refractivity contribution in [1.82, 2.24) is 0 Å². The van der Waals surface area contributed by atoms with Gasteiger partial charge in [0.2, 0.25) is 0 Å². The second kappa shape index (κ2) is 5.45. The molecule has 1 aromatic carbocycles. The number of aliphatic hydroxyl groups is 1. The summed E-state index contributed by atoms with van der Waals surface area (Å²) in [5, 5.41) is 12.6. The van der Waals surface area contributed by atoms with Gasteiger partial charge in [0.25, 0.3) is 0 Å². The van der Waals surface area contributed by atoms with E-state index in [1.54, 1.807) is 11.3 Å². The van der Waals surface area contributed by atoms with Crippen LogP contribution in [0.2, 0.25) is 0 Å². The molecule has 1 atom stereocenters. The molecule has 0 amide bonds. The van der Waals surface area contributed by atoms with Gasteiger partial charge in [-0.2, -0.15) is 0 Å². The summed E-state index contributed by atoms with van der Waals surface area (Å²) >= 11 is 8.65. The van der Waals surface area contributed by atoms with E-state index in [9.17, 15) is 5.11 Å². The first-order valence-electron chi connectivity index (χ1n) is 5.60. The van der Waals surface area contributed by atoms with Gasteiger partial charge in [-0.1, -0.05) is 22.0 Å². The number of benzene rings is 1. The number of halogens is 2. The Morgan fingerprint density at radius 2 is 1.83 bits per heavy atom. The number of hydrogen-bond donors (Lipinski definition) is 1. The van der Waals surface area contributed by atoms with Crippen LogP contribution < -0.4 is 0 Å². The van der Waals surface area contributed by atoms with Crippen LogP contribution in [0.5, 0.6) is 0 Å². The van der Waals surface area contributed by atoms with Crippen LogP contribution in [0.15, 0.2) is 26.5 Å². The van der Waals surface area contributed by atoms with Crippen molar-refractivity contribution in [2.45, 2.75) is 26.9 Å². The Morgan fingerprint density at radius 1 is 1.17 bits per heavy atom. The van der Waals surface area contributed by atoms with E-state index in [1.165, 1.54) is 5.56 Å². The van der Waals surface area contributed by atoms with E-state index < -0.39 is 6.10 Å². The molecule has 0 fully saturated rings. The number of hydrogen-bond acceptors (Lipinski definition) is 2. The van der Waals surface area contributed by atoms with Gasteiger partial charge in [-0.15, -0.1) is 11.3 Å². The summed E-state index contributed by atoms with van der Waals surface area (Å²) < 4.78 is 2.05. The summed E-state index contributed by atoms with van der Waals surface area (Å²) in [6.07, 6.45) is -0.573. The fourth-order valence-electron chi connectivity index (χ4n) is 2.23. The molecule has 0 aliphatic rings. The average molecular weight is 390 g/mol. The van der Waals surface area contributed by atoms with E-state index in [-0.39, 0.29) is 0 Å². The van der Waals surface area contributed by atoms with Crippen molar-refractivity contribution in [2.24, 2.45) is 0 Å². The molecule has 1 aromatic heterocycles. The summed E-state index contributed by atoms with van der Waals surface area (Å²) in [6, 6.07) is 4.08. The zero-order chi connectivity index (χ0) is 13.4. The highest BCUT2D eigenvalue weighted by Gasteiger charge is 2.21.